The molecule has 2 aromatic heterocycles. The summed E-state index contributed by atoms with van der Waals surface area (Å²) >= 11 is 1.53. The predicted octanol–water partition coefficient (Wildman–Crippen LogP) is 3.83. The first-order valence-corrected chi connectivity index (χ1v) is 13.1. The van der Waals surface area contributed by atoms with Crippen LogP contribution in [0.4, 0.5) is 5.69 Å². The number of ether oxygens (including phenoxy) is 1. The van der Waals surface area contributed by atoms with Gasteiger partial charge in [0.15, 0.2) is 6.10 Å². The maximum Gasteiger partial charge on any atom is 0.331 e. The Kier molecular flexibility index (Phi) is 7.44. The minimum Gasteiger partial charge on any atom is -0.449 e. The highest BCUT2D eigenvalue weighted by Gasteiger charge is 2.18. The second-order valence-electron chi connectivity index (χ2n) is 7.66. The highest BCUT2D eigenvalue weighted by molar-refractivity contribution is 7.89. The number of esters is 1. The molecule has 0 saturated carbocycles. The molecule has 0 radical (unpaired) electrons. The van der Waals surface area contributed by atoms with Gasteiger partial charge < -0.3 is 10.1 Å². The van der Waals surface area contributed by atoms with Crippen LogP contribution in [0.15, 0.2) is 89.3 Å². The monoisotopic (exact) mass is 522 g/mol. The zero-order chi connectivity index (χ0) is 25.7. The number of nitrogens with zero attached hydrogens (tertiary/aromatic N) is 2. The summed E-state index contributed by atoms with van der Waals surface area (Å²) in [5.74, 6) is -1.27. The molecular weight excluding hydrogens is 500 g/mol. The number of hydrogen-bond donors (Lipinski definition) is 2. The molecule has 11 heteroatoms. The molecule has 0 fully saturated rings. The van der Waals surface area contributed by atoms with Crippen LogP contribution in [0.3, 0.4) is 0 Å². The number of thiophene rings is 1. The van der Waals surface area contributed by atoms with Crippen molar-refractivity contribution in [1.82, 2.24) is 9.78 Å². The summed E-state index contributed by atoms with van der Waals surface area (Å²) in [5.41, 5.74) is 2.64. The van der Waals surface area contributed by atoms with Crippen LogP contribution in [0, 0.1) is 0 Å². The number of primary sulfonamides is 1. The molecule has 0 saturated heterocycles. The SMILES string of the molecule is C[C@H](OC(=O)/C=C/c1cn(-c2ccccc2)nc1-c1cccs1)C(=O)Nc1ccc(S(N)(=O)=O)cc1. The Hall–Kier alpha value is -4.06. The van der Waals surface area contributed by atoms with Gasteiger partial charge in [-0.15, -0.1) is 11.3 Å². The summed E-state index contributed by atoms with van der Waals surface area (Å²) in [6.45, 7) is 1.43. The lowest BCUT2D eigenvalue weighted by Gasteiger charge is -2.12. The van der Waals surface area contributed by atoms with Crippen molar-refractivity contribution in [1.29, 1.82) is 0 Å². The second-order valence-corrected chi connectivity index (χ2v) is 10.2. The molecule has 0 aliphatic rings. The molecule has 9 nitrogen and oxygen atoms in total. The van der Waals surface area contributed by atoms with Crippen LogP contribution >= 0.6 is 11.3 Å². The molecular formula is C25H22N4O5S2. The largest absolute Gasteiger partial charge is 0.449 e. The van der Waals surface area contributed by atoms with Crippen LogP contribution in [-0.4, -0.2) is 36.2 Å². The van der Waals surface area contributed by atoms with Crippen LogP contribution in [0.25, 0.3) is 22.3 Å². The molecule has 0 aliphatic carbocycles. The van der Waals surface area contributed by atoms with Crippen LogP contribution in [-0.2, 0) is 24.3 Å². The van der Waals surface area contributed by atoms with Gasteiger partial charge in [0, 0.05) is 23.5 Å². The first kappa shape index (κ1) is 25.0. The highest BCUT2D eigenvalue weighted by Crippen LogP contribution is 2.28. The third kappa shape index (κ3) is 6.13. The molecule has 2 heterocycles. The number of amides is 1. The number of benzene rings is 2. The fourth-order valence-electron chi connectivity index (χ4n) is 3.22. The lowest BCUT2D eigenvalue weighted by Crippen LogP contribution is -2.29. The van der Waals surface area contributed by atoms with Crippen molar-refractivity contribution >= 4 is 45.0 Å². The first-order valence-electron chi connectivity index (χ1n) is 10.7. The fourth-order valence-corrected chi connectivity index (χ4v) is 4.47. The molecule has 2 aromatic carbocycles. The molecule has 0 aliphatic heterocycles. The van der Waals surface area contributed by atoms with Gasteiger partial charge in [-0.1, -0.05) is 24.3 Å². The van der Waals surface area contributed by atoms with E-state index >= 15 is 0 Å². The normalized spacial score (nSPS) is 12.4. The predicted molar refractivity (Wildman–Crippen MR) is 138 cm³/mol. The molecule has 184 valence electrons. The van der Waals surface area contributed by atoms with Gasteiger partial charge in [-0.05, 0) is 60.8 Å². The van der Waals surface area contributed by atoms with Gasteiger partial charge in [0.1, 0.15) is 5.69 Å². The quantitative estimate of drug-likeness (QED) is 0.267. The van der Waals surface area contributed by atoms with E-state index in [0.29, 0.717) is 16.9 Å². The molecule has 3 N–H and O–H groups in total. The number of aromatic nitrogens is 2. The highest BCUT2D eigenvalue weighted by atomic mass is 32.2. The Morgan fingerprint density at radius 1 is 1.08 bits per heavy atom. The number of anilines is 1. The van der Waals surface area contributed by atoms with E-state index in [9.17, 15) is 18.0 Å². The number of carbonyl (C=O) groups is 2. The first-order chi connectivity index (χ1) is 17.2. The molecule has 0 unspecified atom stereocenters. The molecule has 1 amide bonds. The summed E-state index contributed by atoms with van der Waals surface area (Å²) in [6, 6.07) is 18.8. The van der Waals surface area contributed by atoms with Gasteiger partial charge in [-0.3, -0.25) is 4.79 Å². The Morgan fingerprint density at radius 2 is 1.81 bits per heavy atom. The van der Waals surface area contributed by atoms with E-state index in [-0.39, 0.29) is 4.90 Å². The van der Waals surface area contributed by atoms with Gasteiger partial charge in [0.05, 0.1) is 15.5 Å². The Morgan fingerprint density at radius 3 is 2.44 bits per heavy atom. The third-order valence-electron chi connectivity index (χ3n) is 5.03. The molecule has 4 aromatic rings. The van der Waals surface area contributed by atoms with Gasteiger partial charge in [0.2, 0.25) is 10.0 Å². The Bertz CT molecular complexity index is 1490. The molecule has 0 spiro atoms. The van der Waals surface area contributed by atoms with Crippen LogP contribution in [0.1, 0.15) is 12.5 Å². The molecule has 36 heavy (non-hydrogen) atoms. The summed E-state index contributed by atoms with van der Waals surface area (Å²) in [6.07, 6.45) is 3.56. The van der Waals surface area contributed by atoms with Crippen LogP contribution in [0.2, 0.25) is 0 Å². The van der Waals surface area contributed by atoms with E-state index in [0.717, 1.165) is 10.6 Å². The van der Waals surface area contributed by atoms with Crippen molar-refractivity contribution in [2.45, 2.75) is 17.9 Å². The molecule has 1 atom stereocenters. The summed E-state index contributed by atoms with van der Waals surface area (Å²) < 4.78 is 29.6. The standard InChI is InChI=1S/C25H22N4O5S2/c1-17(25(31)27-19-10-12-21(13-11-19)36(26,32)33)34-23(30)14-9-18-16-29(20-6-3-2-4-7-20)28-24(18)22-8-5-15-35-22/h2-17H,1H3,(H,27,31)(H2,26,32,33)/b14-9+/t17-/m0/s1. The lowest BCUT2D eigenvalue weighted by molar-refractivity contribution is -0.148. The average Bonchev–Trinajstić information content (AvgIpc) is 3.53. The Balaban J connectivity index is 1.43. The van der Waals surface area contributed by atoms with Crippen molar-refractivity contribution < 1.29 is 22.7 Å². The van der Waals surface area contributed by atoms with Crippen molar-refractivity contribution in [3.63, 3.8) is 0 Å². The second kappa shape index (κ2) is 10.7. The smallest absolute Gasteiger partial charge is 0.331 e. The molecule has 4 rings (SSSR count). The average molecular weight is 523 g/mol. The van der Waals surface area contributed by atoms with Crippen molar-refractivity contribution in [3.05, 3.63) is 89.9 Å². The number of hydrogen-bond acceptors (Lipinski definition) is 7. The minimum absolute atomic E-state index is 0.0809. The number of para-hydroxylation sites is 1. The van der Waals surface area contributed by atoms with Gasteiger partial charge in [-0.2, -0.15) is 5.10 Å². The number of nitrogens with two attached hydrogens (primary N) is 1. The van der Waals surface area contributed by atoms with Crippen molar-refractivity contribution in [3.8, 4) is 16.3 Å². The van der Waals surface area contributed by atoms with Crippen molar-refractivity contribution in [2.75, 3.05) is 5.32 Å². The maximum absolute atomic E-state index is 12.4. The topological polar surface area (TPSA) is 133 Å². The van der Waals surface area contributed by atoms with E-state index in [2.05, 4.69) is 10.4 Å². The van der Waals surface area contributed by atoms with E-state index in [4.69, 9.17) is 9.88 Å². The van der Waals surface area contributed by atoms with Gasteiger partial charge in [0.25, 0.3) is 5.91 Å². The maximum atomic E-state index is 12.4. The van der Waals surface area contributed by atoms with E-state index in [1.807, 2.05) is 54.0 Å². The number of sulfonamides is 1. The van der Waals surface area contributed by atoms with E-state index < -0.39 is 28.0 Å². The summed E-state index contributed by atoms with van der Waals surface area (Å²) in [5, 5.41) is 14.2. The number of rotatable bonds is 8. The zero-order valence-electron chi connectivity index (χ0n) is 19.1. The van der Waals surface area contributed by atoms with Gasteiger partial charge >= 0.3 is 5.97 Å². The van der Waals surface area contributed by atoms with Crippen molar-refractivity contribution in [2.24, 2.45) is 5.14 Å². The van der Waals surface area contributed by atoms with E-state index in [1.165, 1.54) is 48.6 Å². The van der Waals surface area contributed by atoms with E-state index in [1.54, 1.807) is 10.8 Å². The van der Waals surface area contributed by atoms with Crippen LogP contribution in [0.5, 0.6) is 0 Å². The third-order valence-corrected chi connectivity index (χ3v) is 6.84. The zero-order valence-corrected chi connectivity index (χ0v) is 20.7. The summed E-state index contributed by atoms with van der Waals surface area (Å²) in [4.78, 5) is 25.7. The Labute approximate surface area is 211 Å². The van der Waals surface area contributed by atoms with Gasteiger partial charge in [-0.25, -0.2) is 23.0 Å². The fraction of sp³-hybridized carbons (Fsp3) is 0.0800. The lowest BCUT2D eigenvalue weighted by atomic mass is 10.2. The van der Waals surface area contributed by atoms with Crippen LogP contribution < -0.4 is 10.5 Å². The minimum atomic E-state index is -3.84. The summed E-state index contributed by atoms with van der Waals surface area (Å²) in [7, 11) is -3.84. The number of nitrogens with one attached hydrogen (secondary N) is 1. The number of carbonyl (C=O) groups excluding carboxylic acids is 2. The molecule has 0 bridgehead atoms.